The van der Waals surface area contributed by atoms with Crippen LogP contribution < -0.4 is 5.32 Å². The molecule has 0 radical (unpaired) electrons. The number of benzene rings is 1. The average Bonchev–Trinajstić information content (AvgIpc) is 3.12. The first kappa shape index (κ1) is 21.8. The summed E-state index contributed by atoms with van der Waals surface area (Å²) >= 11 is 1.34. The van der Waals surface area contributed by atoms with Gasteiger partial charge in [0, 0.05) is 31.3 Å². The molecule has 7 nitrogen and oxygen atoms in total. The minimum Gasteiger partial charge on any atom is -0.461 e. The Hall–Kier alpha value is -2.45. The number of thiazole rings is 1. The molecule has 0 saturated carbocycles. The number of ether oxygens (including phenoxy) is 2. The lowest BCUT2D eigenvalue weighted by Gasteiger charge is -2.22. The topological polar surface area (TPSA) is 80.8 Å². The lowest BCUT2D eigenvalue weighted by molar-refractivity contribution is 0.0520. The lowest BCUT2D eigenvalue weighted by atomic mass is 10.1. The number of rotatable bonds is 9. The molecule has 28 heavy (non-hydrogen) atoms. The van der Waals surface area contributed by atoms with Crippen molar-refractivity contribution in [3.8, 4) is 0 Å². The molecular weight excluding hydrogens is 378 g/mol. The number of urea groups is 1. The first-order chi connectivity index (χ1) is 13.4. The fourth-order valence-corrected chi connectivity index (χ4v) is 3.42. The van der Waals surface area contributed by atoms with Gasteiger partial charge in [0.15, 0.2) is 5.69 Å². The summed E-state index contributed by atoms with van der Waals surface area (Å²) in [6, 6.07) is 5.68. The minimum atomic E-state index is -0.448. The number of nitrogens with one attached hydrogen (secondary N) is 1. The van der Waals surface area contributed by atoms with Crippen LogP contribution in [-0.4, -0.2) is 48.8 Å². The van der Waals surface area contributed by atoms with Crippen molar-refractivity contribution in [3.05, 3.63) is 45.4 Å². The molecule has 0 atom stereocenters. The van der Waals surface area contributed by atoms with Crippen molar-refractivity contribution in [1.29, 1.82) is 0 Å². The number of nitrogens with zero attached hydrogens (tertiary/aromatic N) is 2. The van der Waals surface area contributed by atoms with Crippen molar-refractivity contribution >= 4 is 29.0 Å². The van der Waals surface area contributed by atoms with E-state index in [2.05, 4.69) is 10.3 Å². The smallest absolute Gasteiger partial charge is 0.357 e. The van der Waals surface area contributed by atoms with Crippen LogP contribution in [0.25, 0.3) is 0 Å². The fraction of sp³-hybridized carbons (Fsp3) is 0.450. The van der Waals surface area contributed by atoms with Crippen molar-refractivity contribution in [3.63, 3.8) is 0 Å². The minimum absolute atomic E-state index is 0.212. The molecule has 1 heterocycles. The Kier molecular flexibility index (Phi) is 8.41. The van der Waals surface area contributed by atoms with Crippen LogP contribution in [0, 0.1) is 13.8 Å². The Balaban J connectivity index is 2.10. The zero-order chi connectivity index (χ0) is 20.5. The van der Waals surface area contributed by atoms with Crippen molar-refractivity contribution in [1.82, 2.24) is 9.88 Å². The summed E-state index contributed by atoms with van der Waals surface area (Å²) in [5.74, 6) is -0.448. The van der Waals surface area contributed by atoms with Gasteiger partial charge in [-0.25, -0.2) is 14.6 Å². The van der Waals surface area contributed by atoms with Crippen molar-refractivity contribution < 1.29 is 19.1 Å². The third kappa shape index (κ3) is 6.31. The van der Waals surface area contributed by atoms with Crippen LogP contribution in [0.1, 0.15) is 40.0 Å². The Bertz CT molecular complexity index is 806. The molecule has 0 unspecified atom stereocenters. The van der Waals surface area contributed by atoms with E-state index in [1.54, 1.807) is 24.3 Å². The van der Waals surface area contributed by atoms with Gasteiger partial charge in [-0.05, 0) is 38.8 Å². The molecule has 1 aromatic carbocycles. The molecule has 0 aliphatic rings. The van der Waals surface area contributed by atoms with E-state index in [1.165, 1.54) is 11.3 Å². The second-order valence-corrected chi connectivity index (χ2v) is 7.31. The van der Waals surface area contributed by atoms with E-state index in [9.17, 15) is 9.59 Å². The summed E-state index contributed by atoms with van der Waals surface area (Å²) in [6.07, 6.45) is 0.701. The van der Waals surface area contributed by atoms with Crippen LogP contribution in [-0.2, 0) is 16.0 Å². The monoisotopic (exact) mass is 405 g/mol. The summed E-state index contributed by atoms with van der Waals surface area (Å²) in [5.41, 5.74) is 3.19. The Morgan fingerprint density at radius 3 is 2.75 bits per heavy atom. The highest BCUT2D eigenvalue weighted by Crippen LogP contribution is 2.18. The number of hydrogen-bond acceptors (Lipinski definition) is 6. The lowest BCUT2D eigenvalue weighted by Crippen LogP contribution is -2.36. The summed E-state index contributed by atoms with van der Waals surface area (Å²) < 4.78 is 10.1. The molecule has 0 bridgehead atoms. The summed E-state index contributed by atoms with van der Waals surface area (Å²) in [5, 5.41) is 5.30. The third-order valence-electron chi connectivity index (χ3n) is 4.05. The maximum Gasteiger partial charge on any atom is 0.357 e. The number of carbonyl (C=O) groups is 2. The predicted molar refractivity (Wildman–Crippen MR) is 110 cm³/mol. The van der Waals surface area contributed by atoms with E-state index in [1.807, 2.05) is 32.0 Å². The van der Waals surface area contributed by atoms with Gasteiger partial charge in [0.2, 0.25) is 0 Å². The third-order valence-corrected chi connectivity index (χ3v) is 4.88. The van der Waals surface area contributed by atoms with Crippen LogP contribution in [0.3, 0.4) is 0 Å². The molecule has 152 valence electrons. The molecule has 2 amide bonds. The molecule has 0 fully saturated rings. The molecule has 0 aliphatic carbocycles. The maximum atomic E-state index is 12.9. The highest BCUT2D eigenvalue weighted by molar-refractivity contribution is 7.09. The van der Waals surface area contributed by atoms with E-state index >= 15 is 0 Å². The average molecular weight is 406 g/mol. The van der Waals surface area contributed by atoms with E-state index in [0.717, 1.165) is 16.8 Å². The summed E-state index contributed by atoms with van der Waals surface area (Å²) in [4.78, 5) is 30.6. The van der Waals surface area contributed by atoms with E-state index < -0.39 is 5.97 Å². The SMILES string of the molecule is CCOC(=O)c1csc(CN(CCCOC)C(=O)Nc2ccc(C)cc2C)n1. The molecule has 0 spiro atoms. The zero-order valence-corrected chi connectivity index (χ0v) is 17.6. The number of aryl methyl sites for hydroxylation is 2. The number of hydrogen-bond donors (Lipinski definition) is 1. The van der Waals surface area contributed by atoms with Gasteiger partial charge in [-0.15, -0.1) is 11.3 Å². The van der Waals surface area contributed by atoms with Gasteiger partial charge in [-0.1, -0.05) is 17.7 Å². The van der Waals surface area contributed by atoms with Crippen LogP contribution in [0.5, 0.6) is 0 Å². The Morgan fingerprint density at radius 2 is 2.07 bits per heavy atom. The second-order valence-electron chi connectivity index (χ2n) is 6.36. The van der Waals surface area contributed by atoms with E-state index in [4.69, 9.17) is 9.47 Å². The molecule has 2 rings (SSSR count). The van der Waals surface area contributed by atoms with Gasteiger partial charge in [-0.2, -0.15) is 0 Å². The highest BCUT2D eigenvalue weighted by atomic mass is 32.1. The predicted octanol–water partition coefficient (Wildman–Crippen LogP) is 4.01. The standard InChI is InChI=1S/C20H27N3O4S/c1-5-27-19(24)17-13-28-18(21-17)12-23(9-6-10-26-4)20(25)22-16-8-7-14(2)11-15(16)3/h7-8,11,13H,5-6,9-10,12H2,1-4H3,(H,22,25). The van der Waals surface area contributed by atoms with Gasteiger partial charge in [-0.3, -0.25) is 0 Å². The largest absolute Gasteiger partial charge is 0.461 e. The Labute approximate surface area is 169 Å². The highest BCUT2D eigenvalue weighted by Gasteiger charge is 2.18. The molecule has 1 aromatic heterocycles. The van der Waals surface area contributed by atoms with Gasteiger partial charge >= 0.3 is 12.0 Å². The number of amides is 2. The molecule has 1 N–H and O–H groups in total. The molecule has 2 aromatic rings. The van der Waals surface area contributed by atoms with E-state index in [0.29, 0.717) is 37.7 Å². The van der Waals surface area contributed by atoms with Gasteiger partial charge in [0.1, 0.15) is 5.01 Å². The second kappa shape index (κ2) is 10.8. The summed E-state index contributed by atoms with van der Waals surface area (Å²) in [6.45, 7) is 7.40. The number of anilines is 1. The van der Waals surface area contributed by atoms with Gasteiger partial charge in [0.05, 0.1) is 13.2 Å². The van der Waals surface area contributed by atoms with Crippen molar-refractivity contribution in [2.75, 3.05) is 32.2 Å². The number of esters is 1. The van der Waals surface area contributed by atoms with Crippen LogP contribution >= 0.6 is 11.3 Å². The molecule has 0 aliphatic heterocycles. The molecular formula is C20H27N3O4S. The molecule has 8 heteroatoms. The molecule has 0 saturated heterocycles. The maximum absolute atomic E-state index is 12.9. The number of carbonyl (C=O) groups excluding carboxylic acids is 2. The Morgan fingerprint density at radius 1 is 1.29 bits per heavy atom. The van der Waals surface area contributed by atoms with Crippen LogP contribution in [0.2, 0.25) is 0 Å². The normalized spacial score (nSPS) is 10.6. The number of aromatic nitrogens is 1. The first-order valence-corrected chi connectivity index (χ1v) is 10.1. The van der Waals surface area contributed by atoms with E-state index in [-0.39, 0.29) is 11.7 Å². The van der Waals surface area contributed by atoms with Crippen molar-refractivity contribution in [2.45, 2.75) is 33.7 Å². The zero-order valence-electron chi connectivity index (χ0n) is 16.8. The quantitative estimate of drug-likeness (QED) is 0.504. The fourth-order valence-electron chi connectivity index (χ4n) is 2.65. The van der Waals surface area contributed by atoms with Crippen LogP contribution in [0.4, 0.5) is 10.5 Å². The van der Waals surface area contributed by atoms with Crippen LogP contribution in [0.15, 0.2) is 23.6 Å². The van der Waals surface area contributed by atoms with Crippen molar-refractivity contribution in [2.24, 2.45) is 0 Å². The first-order valence-electron chi connectivity index (χ1n) is 9.18. The van der Waals surface area contributed by atoms with Gasteiger partial charge in [0.25, 0.3) is 0 Å². The van der Waals surface area contributed by atoms with Gasteiger partial charge < -0.3 is 19.7 Å². The summed E-state index contributed by atoms with van der Waals surface area (Å²) in [7, 11) is 1.63. The number of methoxy groups -OCH3 is 1.